The van der Waals surface area contributed by atoms with E-state index in [9.17, 15) is 4.39 Å². The Morgan fingerprint density at radius 3 is 2.37 bits per heavy atom. The summed E-state index contributed by atoms with van der Waals surface area (Å²) in [6, 6.07) is 6.61. The maximum absolute atomic E-state index is 12.3. The quantitative estimate of drug-likeness (QED) is 0.350. The average molecular weight is 415 g/mol. The summed E-state index contributed by atoms with van der Waals surface area (Å²) in [7, 11) is 0. The van der Waals surface area contributed by atoms with E-state index >= 15 is 0 Å². The van der Waals surface area contributed by atoms with E-state index in [0.717, 1.165) is 36.5 Å². The van der Waals surface area contributed by atoms with Crippen molar-refractivity contribution in [2.45, 2.75) is 90.9 Å². The SMILES string of the molecule is CCCOc1ccc(C)c(CCC2CCC(C3CCC(C=CCCF)CC3)CC2)c1. The standard InChI is InChI=1S/C28H43FO/c1-3-20-30-28-18-7-22(2)27(21-28)17-12-24-10-15-26(16-11-24)25-13-8-23(9-14-25)6-4-5-19-29/h4,6-7,18,21,23-26H,3,5,8-17,19-20H2,1-2H3. The van der Waals surface area contributed by atoms with E-state index in [1.165, 1.54) is 75.3 Å². The molecule has 0 N–H and O–H groups in total. The highest BCUT2D eigenvalue weighted by Crippen LogP contribution is 2.42. The van der Waals surface area contributed by atoms with Crippen molar-refractivity contribution in [3.63, 3.8) is 0 Å². The minimum absolute atomic E-state index is 0.216. The number of hydrogen-bond acceptors (Lipinski definition) is 1. The van der Waals surface area contributed by atoms with Crippen molar-refractivity contribution >= 4 is 0 Å². The second kappa shape index (κ2) is 12.5. The molecule has 1 nitrogen and oxygen atoms in total. The van der Waals surface area contributed by atoms with Crippen LogP contribution in [0.15, 0.2) is 30.4 Å². The van der Waals surface area contributed by atoms with Gasteiger partial charge in [0.25, 0.3) is 0 Å². The van der Waals surface area contributed by atoms with Gasteiger partial charge in [0.2, 0.25) is 0 Å². The highest BCUT2D eigenvalue weighted by molar-refractivity contribution is 5.35. The average Bonchev–Trinajstić information content (AvgIpc) is 2.79. The first-order valence-electron chi connectivity index (χ1n) is 12.6. The largest absolute Gasteiger partial charge is 0.494 e. The summed E-state index contributed by atoms with van der Waals surface area (Å²) in [5.74, 6) is 4.57. The molecular weight excluding hydrogens is 371 g/mol. The lowest BCUT2D eigenvalue weighted by Crippen LogP contribution is -2.25. The highest BCUT2D eigenvalue weighted by Gasteiger charge is 2.30. The van der Waals surface area contributed by atoms with Gasteiger partial charge in [-0.25, -0.2) is 0 Å². The van der Waals surface area contributed by atoms with Crippen LogP contribution < -0.4 is 4.74 Å². The Morgan fingerprint density at radius 2 is 1.70 bits per heavy atom. The molecule has 0 unspecified atom stereocenters. The Hall–Kier alpha value is -1.31. The van der Waals surface area contributed by atoms with Gasteiger partial charge in [0.15, 0.2) is 0 Å². The van der Waals surface area contributed by atoms with E-state index in [-0.39, 0.29) is 6.67 Å². The van der Waals surface area contributed by atoms with Gasteiger partial charge in [0.05, 0.1) is 13.3 Å². The van der Waals surface area contributed by atoms with Crippen molar-refractivity contribution < 1.29 is 9.13 Å². The molecule has 0 amide bonds. The Labute approximate surface area is 184 Å². The predicted octanol–water partition coefficient (Wildman–Crippen LogP) is 8.25. The van der Waals surface area contributed by atoms with E-state index < -0.39 is 0 Å². The summed E-state index contributed by atoms with van der Waals surface area (Å²) in [6.45, 7) is 4.98. The molecule has 2 aliphatic rings. The third kappa shape index (κ3) is 7.13. The molecule has 0 aliphatic heterocycles. The van der Waals surface area contributed by atoms with Crippen LogP contribution >= 0.6 is 0 Å². The zero-order valence-electron chi connectivity index (χ0n) is 19.4. The van der Waals surface area contributed by atoms with Crippen LogP contribution in [-0.4, -0.2) is 13.3 Å². The third-order valence-electron chi connectivity index (χ3n) is 7.67. The summed E-state index contributed by atoms with van der Waals surface area (Å²) in [5.41, 5.74) is 2.88. The van der Waals surface area contributed by atoms with Gasteiger partial charge in [-0.15, -0.1) is 0 Å². The van der Waals surface area contributed by atoms with E-state index in [1.54, 1.807) is 0 Å². The second-order valence-electron chi connectivity index (χ2n) is 9.84. The number of allylic oxidation sites excluding steroid dienone is 2. The summed E-state index contributed by atoms with van der Waals surface area (Å²) in [5, 5.41) is 0. The van der Waals surface area contributed by atoms with Gasteiger partial charge in [0, 0.05) is 0 Å². The first-order chi connectivity index (χ1) is 14.7. The number of benzene rings is 1. The van der Waals surface area contributed by atoms with Crippen LogP contribution in [0.25, 0.3) is 0 Å². The molecule has 0 radical (unpaired) electrons. The topological polar surface area (TPSA) is 9.23 Å². The Balaban J connectivity index is 1.38. The number of hydrogen-bond donors (Lipinski definition) is 0. The highest BCUT2D eigenvalue weighted by atomic mass is 19.1. The fourth-order valence-corrected chi connectivity index (χ4v) is 5.70. The Morgan fingerprint density at radius 1 is 1.00 bits per heavy atom. The van der Waals surface area contributed by atoms with Crippen molar-refractivity contribution in [1.29, 1.82) is 0 Å². The fourth-order valence-electron chi connectivity index (χ4n) is 5.70. The molecule has 0 saturated heterocycles. The van der Waals surface area contributed by atoms with Crippen LogP contribution in [0.5, 0.6) is 5.75 Å². The zero-order valence-corrected chi connectivity index (χ0v) is 19.4. The van der Waals surface area contributed by atoms with Crippen molar-refractivity contribution in [1.82, 2.24) is 0 Å². The Kier molecular flexibility index (Phi) is 9.75. The van der Waals surface area contributed by atoms with Crippen molar-refractivity contribution in [2.24, 2.45) is 23.7 Å². The minimum atomic E-state index is -0.216. The molecule has 2 saturated carbocycles. The van der Waals surface area contributed by atoms with Gasteiger partial charge in [-0.2, -0.15) is 0 Å². The second-order valence-corrected chi connectivity index (χ2v) is 9.84. The first-order valence-corrected chi connectivity index (χ1v) is 12.6. The van der Waals surface area contributed by atoms with E-state index in [2.05, 4.69) is 44.2 Å². The summed E-state index contributed by atoms with van der Waals surface area (Å²) >= 11 is 0. The molecule has 1 aromatic carbocycles. The van der Waals surface area contributed by atoms with E-state index in [4.69, 9.17) is 4.74 Å². The molecule has 0 spiro atoms. The molecule has 168 valence electrons. The predicted molar refractivity (Wildman–Crippen MR) is 126 cm³/mol. The van der Waals surface area contributed by atoms with Gasteiger partial charge < -0.3 is 4.74 Å². The molecule has 1 aromatic rings. The molecule has 0 bridgehead atoms. The van der Waals surface area contributed by atoms with Gasteiger partial charge in [-0.3, -0.25) is 4.39 Å². The lowest BCUT2D eigenvalue weighted by molar-refractivity contribution is 0.152. The molecule has 2 heteroatoms. The number of aryl methyl sites for hydroxylation is 2. The summed E-state index contributed by atoms with van der Waals surface area (Å²) < 4.78 is 18.1. The number of alkyl halides is 1. The van der Waals surface area contributed by atoms with Crippen LogP contribution in [-0.2, 0) is 6.42 Å². The van der Waals surface area contributed by atoms with Gasteiger partial charge in [-0.05, 0) is 118 Å². The number of halogens is 1. The molecule has 0 heterocycles. The van der Waals surface area contributed by atoms with Gasteiger partial charge >= 0.3 is 0 Å². The molecular formula is C28H43FO. The molecule has 2 fully saturated rings. The van der Waals surface area contributed by atoms with Crippen molar-refractivity contribution in [3.05, 3.63) is 41.5 Å². The lowest BCUT2D eigenvalue weighted by Gasteiger charge is -2.37. The van der Waals surface area contributed by atoms with Crippen LogP contribution in [0, 0.1) is 30.6 Å². The zero-order chi connectivity index (χ0) is 21.2. The van der Waals surface area contributed by atoms with Crippen LogP contribution in [0.3, 0.4) is 0 Å². The summed E-state index contributed by atoms with van der Waals surface area (Å²) in [4.78, 5) is 0. The Bertz CT molecular complexity index is 636. The molecule has 30 heavy (non-hydrogen) atoms. The number of ether oxygens (including phenoxy) is 1. The maximum atomic E-state index is 12.3. The van der Waals surface area contributed by atoms with Crippen molar-refractivity contribution in [3.8, 4) is 5.75 Å². The third-order valence-corrected chi connectivity index (χ3v) is 7.67. The van der Waals surface area contributed by atoms with Crippen molar-refractivity contribution in [2.75, 3.05) is 13.3 Å². The van der Waals surface area contributed by atoms with Crippen LogP contribution in [0.2, 0.25) is 0 Å². The number of rotatable bonds is 10. The van der Waals surface area contributed by atoms with E-state index in [0.29, 0.717) is 12.3 Å². The van der Waals surface area contributed by atoms with Crippen LogP contribution in [0.4, 0.5) is 4.39 Å². The van der Waals surface area contributed by atoms with Gasteiger partial charge in [0.1, 0.15) is 5.75 Å². The molecule has 2 aliphatic carbocycles. The lowest BCUT2D eigenvalue weighted by atomic mass is 9.68. The first kappa shape index (κ1) is 23.4. The van der Waals surface area contributed by atoms with E-state index in [1.807, 2.05) is 0 Å². The monoisotopic (exact) mass is 414 g/mol. The minimum Gasteiger partial charge on any atom is -0.494 e. The summed E-state index contributed by atoms with van der Waals surface area (Å²) in [6.07, 6.45) is 19.7. The fraction of sp³-hybridized carbons (Fsp3) is 0.714. The smallest absolute Gasteiger partial charge is 0.119 e. The molecule has 3 rings (SSSR count). The van der Waals surface area contributed by atoms with Gasteiger partial charge in [-0.1, -0.05) is 38.0 Å². The molecule has 0 aromatic heterocycles. The molecule has 0 atom stereocenters. The maximum Gasteiger partial charge on any atom is 0.119 e. The van der Waals surface area contributed by atoms with Crippen LogP contribution in [0.1, 0.15) is 88.7 Å². The normalized spacial score (nSPS) is 27.4.